The lowest BCUT2D eigenvalue weighted by atomic mass is 10.1. The van der Waals surface area contributed by atoms with Gasteiger partial charge >= 0.3 is 0 Å². The van der Waals surface area contributed by atoms with Gasteiger partial charge in [-0.2, -0.15) is 0 Å². The molecule has 108 valence electrons. The molecule has 2 aromatic rings. The summed E-state index contributed by atoms with van der Waals surface area (Å²) in [6, 6.07) is 8.89. The number of fused-ring (bicyclic) bond motifs is 1. The lowest BCUT2D eigenvalue weighted by Crippen LogP contribution is -2.37. The van der Waals surface area contributed by atoms with E-state index in [1.54, 1.807) is 6.33 Å². The van der Waals surface area contributed by atoms with Crippen molar-refractivity contribution < 1.29 is 4.74 Å². The van der Waals surface area contributed by atoms with Crippen molar-refractivity contribution in [2.45, 2.75) is 31.4 Å². The maximum absolute atomic E-state index is 6.08. The van der Waals surface area contributed by atoms with Crippen molar-refractivity contribution in [2.24, 2.45) is 0 Å². The van der Waals surface area contributed by atoms with E-state index >= 15 is 0 Å². The Morgan fingerprint density at radius 3 is 2.90 bits per heavy atom. The number of halogens is 1. The van der Waals surface area contributed by atoms with Crippen LogP contribution in [0, 0.1) is 0 Å². The predicted octanol–water partition coefficient (Wildman–Crippen LogP) is 3.21. The van der Waals surface area contributed by atoms with Gasteiger partial charge in [-0.3, -0.25) is 0 Å². The Bertz CT molecular complexity index is 634. The molecule has 5 heteroatoms. The Morgan fingerprint density at radius 1 is 1.29 bits per heavy atom. The molecule has 0 saturated heterocycles. The van der Waals surface area contributed by atoms with Crippen molar-refractivity contribution in [3.8, 4) is 5.75 Å². The van der Waals surface area contributed by atoms with Crippen LogP contribution >= 0.6 is 15.9 Å². The smallest absolute Gasteiger partial charge is 0.146 e. The van der Waals surface area contributed by atoms with E-state index in [1.165, 1.54) is 18.4 Å². The molecule has 0 bridgehead atoms. The summed E-state index contributed by atoms with van der Waals surface area (Å²) in [5, 5.41) is 0. The molecule has 21 heavy (non-hydrogen) atoms. The highest BCUT2D eigenvalue weighted by Gasteiger charge is 2.34. The lowest BCUT2D eigenvalue weighted by molar-refractivity contribution is 0.236. The van der Waals surface area contributed by atoms with Crippen molar-refractivity contribution in [1.29, 1.82) is 0 Å². The molecule has 4 nitrogen and oxygen atoms in total. The first-order valence-electron chi connectivity index (χ1n) is 7.28. The summed E-state index contributed by atoms with van der Waals surface area (Å²) < 4.78 is 7.03. The summed E-state index contributed by atoms with van der Waals surface area (Å²) in [7, 11) is 0. The Kier molecular flexibility index (Phi) is 3.30. The zero-order chi connectivity index (χ0) is 14.2. The average molecular weight is 346 g/mol. The lowest BCUT2D eigenvalue weighted by Gasteiger charge is -2.27. The predicted molar refractivity (Wildman–Crippen MR) is 84.7 cm³/mol. The summed E-state index contributed by atoms with van der Waals surface area (Å²) in [6.45, 7) is 0.870. The standard InChI is InChI=1S/C16H16BrN3O/c17-14-8-18-10-19-16(14)20(12-5-6-12)9-13-7-11-3-1-2-4-15(11)21-13/h1-4,8,10,12-13H,5-7,9H2. The molecule has 2 heterocycles. The molecule has 1 fully saturated rings. The SMILES string of the molecule is Brc1cncnc1N(CC1Cc2ccccc2O1)C1CC1. The van der Waals surface area contributed by atoms with E-state index in [0.717, 1.165) is 29.0 Å². The Balaban J connectivity index is 1.54. The topological polar surface area (TPSA) is 38.2 Å². The van der Waals surface area contributed by atoms with Gasteiger partial charge in [-0.1, -0.05) is 18.2 Å². The van der Waals surface area contributed by atoms with Gasteiger partial charge in [0.05, 0.1) is 11.0 Å². The molecule has 0 amide bonds. The third kappa shape index (κ3) is 2.62. The number of rotatable bonds is 4. The maximum atomic E-state index is 6.08. The van der Waals surface area contributed by atoms with Crippen molar-refractivity contribution in [1.82, 2.24) is 9.97 Å². The Morgan fingerprint density at radius 2 is 2.14 bits per heavy atom. The van der Waals surface area contributed by atoms with Gasteiger partial charge < -0.3 is 9.64 Å². The van der Waals surface area contributed by atoms with Gasteiger partial charge in [-0.15, -0.1) is 0 Å². The molecule has 0 spiro atoms. The average Bonchev–Trinajstić information content (AvgIpc) is 3.25. The fraction of sp³-hybridized carbons (Fsp3) is 0.375. The third-order valence-electron chi connectivity index (χ3n) is 4.02. The second-order valence-corrected chi connectivity index (χ2v) is 6.48. The maximum Gasteiger partial charge on any atom is 0.146 e. The monoisotopic (exact) mass is 345 g/mol. The molecule has 1 aliphatic heterocycles. The van der Waals surface area contributed by atoms with Gasteiger partial charge in [0.15, 0.2) is 0 Å². The molecule has 1 aromatic carbocycles. The van der Waals surface area contributed by atoms with Crippen LogP contribution in [-0.2, 0) is 6.42 Å². The van der Waals surface area contributed by atoms with Crippen LogP contribution in [-0.4, -0.2) is 28.7 Å². The van der Waals surface area contributed by atoms with E-state index in [0.29, 0.717) is 6.04 Å². The molecule has 1 atom stereocenters. The van der Waals surface area contributed by atoms with Crippen LogP contribution in [0.15, 0.2) is 41.3 Å². The van der Waals surface area contributed by atoms with Crippen LogP contribution < -0.4 is 9.64 Å². The summed E-state index contributed by atoms with van der Waals surface area (Å²) in [4.78, 5) is 10.9. The summed E-state index contributed by atoms with van der Waals surface area (Å²) in [5.41, 5.74) is 1.31. The van der Waals surface area contributed by atoms with Crippen LogP contribution in [0.1, 0.15) is 18.4 Å². The van der Waals surface area contributed by atoms with E-state index in [-0.39, 0.29) is 6.10 Å². The first kappa shape index (κ1) is 13.1. The molecular weight excluding hydrogens is 330 g/mol. The second-order valence-electron chi connectivity index (χ2n) is 5.63. The zero-order valence-electron chi connectivity index (χ0n) is 11.6. The number of nitrogens with zero attached hydrogens (tertiary/aromatic N) is 3. The van der Waals surface area contributed by atoms with E-state index in [4.69, 9.17) is 4.74 Å². The highest BCUT2D eigenvalue weighted by molar-refractivity contribution is 9.10. The van der Waals surface area contributed by atoms with Crippen molar-refractivity contribution in [3.05, 3.63) is 46.8 Å². The normalized spacial score (nSPS) is 20.0. The van der Waals surface area contributed by atoms with Crippen molar-refractivity contribution in [2.75, 3.05) is 11.4 Å². The van der Waals surface area contributed by atoms with Gasteiger partial charge in [0.1, 0.15) is 24.0 Å². The largest absolute Gasteiger partial charge is 0.488 e. The van der Waals surface area contributed by atoms with Gasteiger partial charge in [0.25, 0.3) is 0 Å². The van der Waals surface area contributed by atoms with Gasteiger partial charge in [-0.25, -0.2) is 9.97 Å². The first-order chi connectivity index (χ1) is 10.3. The van der Waals surface area contributed by atoms with Gasteiger partial charge in [-0.05, 0) is 40.4 Å². The van der Waals surface area contributed by atoms with Gasteiger partial charge in [0, 0.05) is 18.7 Å². The number of hydrogen-bond acceptors (Lipinski definition) is 4. The number of hydrogen-bond donors (Lipinski definition) is 0. The zero-order valence-corrected chi connectivity index (χ0v) is 13.2. The summed E-state index contributed by atoms with van der Waals surface area (Å²) in [6.07, 6.45) is 7.06. The minimum Gasteiger partial charge on any atom is -0.488 e. The fourth-order valence-electron chi connectivity index (χ4n) is 2.89. The molecule has 1 aliphatic carbocycles. The second kappa shape index (κ2) is 5.30. The van der Waals surface area contributed by atoms with Crippen LogP contribution in [0.3, 0.4) is 0 Å². The van der Waals surface area contributed by atoms with Crippen LogP contribution in [0.5, 0.6) is 5.75 Å². The van der Waals surface area contributed by atoms with Gasteiger partial charge in [0.2, 0.25) is 0 Å². The summed E-state index contributed by atoms with van der Waals surface area (Å²) >= 11 is 3.56. The molecule has 0 radical (unpaired) electrons. The van der Waals surface area contributed by atoms with E-state index in [9.17, 15) is 0 Å². The Hall–Kier alpha value is -1.62. The summed E-state index contributed by atoms with van der Waals surface area (Å²) in [5.74, 6) is 2.01. The fourth-order valence-corrected chi connectivity index (χ4v) is 3.34. The molecule has 0 N–H and O–H groups in total. The molecule has 1 saturated carbocycles. The minimum atomic E-state index is 0.199. The molecular formula is C16H16BrN3O. The number of para-hydroxylation sites is 1. The van der Waals surface area contributed by atoms with Crippen molar-refractivity contribution >= 4 is 21.7 Å². The van der Waals surface area contributed by atoms with Crippen LogP contribution in [0.2, 0.25) is 0 Å². The van der Waals surface area contributed by atoms with E-state index in [2.05, 4.69) is 49.0 Å². The van der Waals surface area contributed by atoms with Crippen molar-refractivity contribution in [3.63, 3.8) is 0 Å². The third-order valence-corrected chi connectivity index (χ3v) is 4.58. The van der Waals surface area contributed by atoms with E-state index in [1.807, 2.05) is 12.3 Å². The van der Waals surface area contributed by atoms with Crippen LogP contribution in [0.25, 0.3) is 0 Å². The highest BCUT2D eigenvalue weighted by atomic mass is 79.9. The molecule has 1 unspecified atom stereocenters. The molecule has 1 aromatic heterocycles. The number of anilines is 1. The van der Waals surface area contributed by atoms with Crippen LogP contribution in [0.4, 0.5) is 5.82 Å². The molecule has 4 rings (SSSR count). The van der Waals surface area contributed by atoms with E-state index < -0.39 is 0 Å². The number of ether oxygens (including phenoxy) is 1. The molecule has 2 aliphatic rings. The number of benzene rings is 1. The minimum absolute atomic E-state index is 0.199. The Labute approximate surface area is 132 Å². The number of aromatic nitrogens is 2. The highest BCUT2D eigenvalue weighted by Crippen LogP contribution is 2.36. The quantitative estimate of drug-likeness (QED) is 0.852. The first-order valence-corrected chi connectivity index (χ1v) is 8.07.